The van der Waals surface area contributed by atoms with Crippen LogP contribution in [0.5, 0.6) is 0 Å². The van der Waals surface area contributed by atoms with Crippen LogP contribution in [0.15, 0.2) is 0 Å². The third-order valence-electron chi connectivity index (χ3n) is 5.13. The summed E-state index contributed by atoms with van der Waals surface area (Å²) in [6.07, 6.45) is 5.38. The van der Waals surface area contributed by atoms with Gasteiger partial charge >= 0.3 is 0 Å². The molecule has 3 heterocycles. The van der Waals surface area contributed by atoms with E-state index in [9.17, 15) is 0 Å². The molecule has 3 fully saturated rings. The largest absolute Gasteiger partial charge is 0.338 e. The van der Waals surface area contributed by atoms with Gasteiger partial charge in [0.2, 0.25) is 5.95 Å². The van der Waals surface area contributed by atoms with Gasteiger partial charge in [-0.2, -0.15) is 4.98 Å². The molecule has 2 saturated heterocycles. The van der Waals surface area contributed by atoms with E-state index < -0.39 is 0 Å². The Kier molecular flexibility index (Phi) is 2.76. The monoisotopic (exact) mass is 261 g/mol. The van der Waals surface area contributed by atoms with Gasteiger partial charge in [-0.25, -0.2) is 0 Å². The topological polar surface area (TPSA) is 56.8 Å². The van der Waals surface area contributed by atoms with E-state index in [1.54, 1.807) is 0 Å². The van der Waals surface area contributed by atoms with Crippen LogP contribution in [0.1, 0.15) is 44.3 Å². The lowest BCUT2D eigenvalue weighted by atomic mass is 9.94. The third kappa shape index (κ3) is 2.14. The van der Waals surface area contributed by atoms with Gasteiger partial charge in [-0.15, -0.1) is 5.10 Å². The second-order valence-corrected chi connectivity index (χ2v) is 6.51. The Morgan fingerprint density at radius 1 is 1.26 bits per heavy atom. The number of aromatic amines is 1. The average molecular weight is 261 g/mol. The second-order valence-electron chi connectivity index (χ2n) is 6.51. The Bertz CT molecular complexity index is 438. The van der Waals surface area contributed by atoms with Crippen molar-refractivity contribution >= 4 is 5.95 Å². The summed E-state index contributed by atoms with van der Waals surface area (Å²) >= 11 is 0. The van der Waals surface area contributed by atoms with Crippen molar-refractivity contribution in [3.05, 3.63) is 5.82 Å². The molecule has 2 aliphatic heterocycles. The molecule has 1 aromatic rings. The number of rotatable bonds is 3. The molecule has 1 aliphatic carbocycles. The summed E-state index contributed by atoms with van der Waals surface area (Å²) in [4.78, 5) is 7.10. The van der Waals surface area contributed by atoms with Gasteiger partial charge < -0.3 is 10.2 Å². The number of H-pyrrole nitrogens is 1. The summed E-state index contributed by atoms with van der Waals surface area (Å²) in [5.41, 5.74) is 0. The number of hydrogen-bond acceptors (Lipinski definition) is 4. The lowest BCUT2D eigenvalue weighted by molar-refractivity contribution is 0.340. The van der Waals surface area contributed by atoms with Crippen molar-refractivity contribution in [1.82, 2.24) is 20.5 Å². The summed E-state index contributed by atoms with van der Waals surface area (Å²) in [5, 5.41) is 11.2. The molecular weight excluding hydrogens is 238 g/mol. The van der Waals surface area contributed by atoms with Gasteiger partial charge in [-0.3, -0.25) is 5.10 Å². The number of piperidine rings is 1. The van der Waals surface area contributed by atoms with E-state index >= 15 is 0 Å². The summed E-state index contributed by atoms with van der Waals surface area (Å²) in [7, 11) is 0. The first kappa shape index (κ1) is 11.7. The van der Waals surface area contributed by atoms with Gasteiger partial charge in [0.15, 0.2) is 0 Å². The Hall–Kier alpha value is -1.10. The zero-order chi connectivity index (χ0) is 12.8. The number of hydrogen-bond donors (Lipinski definition) is 2. The second kappa shape index (κ2) is 4.47. The molecular formula is C14H23N5. The lowest BCUT2D eigenvalue weighted by Gasteiger charge is -2.24. The number of nitrogens with zero attached hydrogens (tertiary/aromatic N) is 3. The highest BCUT2D eigenvalue weighted by Crippen LogP contribution is 2.41. The number of nitrogens with one attached hydrogen (secondary N) is 2. The smallest absolute Gasteiger partial charge is 0.244 e. The van der Waals surface area contributed by atoms with Crippen LogP contribution in [0.25, 0.3) is 0 Å². The Labute approximate surface area is 114 Å². The van der Waals surface area contributed by atoms with Crippen molar-refractivity contribution in [2.75, 3.05) is 24.5 Å². The lowest BCUT2D eigenvalue weighted by Crippen LogP contribution is -2.40. The van der Waals surface area contributed by atoms with Crippen molar-refractivity contribution in [2.45, 2.75) is 44.6 Å². The van der Waals surface area contributed by atoms with Crippen LogP contribution in [0.2, 0.25) is 0 Å². The first-order valence-corrected chi connectivity index (χ1v) is 7.72. The van der Waals surface area contributed by atoms with Crippen LogP contribution in [-0.4, -0.2) is 40.9 Å². The minimum atomic E-state index is 0.546. The van der Waals surface area contributed by atoms with Crippen molar-refractivity contribution in [3.8, 4) is 0 Å². The molecule has 19 heavy (non-hydrogen) atoms. The van der Waals surface area contributed by atoms with E-state index in [4.69, 9.17) is 4.98 Å². The van der Waals surface area contributed by atoms with Crippen molar-refractivity contribution in [2.24, 2.45) is 11.8 Å². The average Bonchev–Trinajstić information content (AvgIpc) is 3.01. The fourth-order valence-corrected chi connectivity index (χ4v) is 3.64. The number of anilines is 1. The van der Waals surface area contributed by atoms with Gasteiger partial charge in [0.1, 0.15) is 5.82 Å². The molecule has 0 amide bonds. The van der Waals surface area contributed by atoms with E-state index in [2.05, 4.69) is 27.3 Å². The van der Waals surface area contributed by atoms with Gasteiger partial charge in [0, 0.05) is 25.0 Å². The molecule has 0 radical (unpaired) electrons. The predicted molar refractivity (Wildman–Crippen MR) is 74.2 cm³/mol. The molecule has 0 spiro atoms. The molecule has 2 N–H and O–H groups in total. The Morgan fingerprint density at radius 3 is 2.95 bits per heavy atom. The van der Waals surface area contributed by atoms with Gasteiger partial charge in [-0.1, -0.05) is 6.92 Å². The first-order chi connectivity index (χ1) is 9.31. The van der Waals surface area contributed by atoms with Crippen LogP contribution < -0.4 is 10.2 Å². The molecule has 0 aromatic carbocycles. The van der Waals surface area contributed by atoms with Gasteiger partial charge in [0.05, 0.1) is 0 Å². The molecule has 5 nitrogen and oxygen atoms in total. The minimum Gasteiger partial charge on any atom is -0.338 e. The summed E-state index contributed by atoms with van der Waals surface area (Å²) in [6, 6.07) is 0.650. The van der Waals surface area contributed by atoms with Crippen molar-refractivity contribution < 1.29 is 0 Å². The highest BCUT2D eigenvalue weighted by atomic mass is 15.4. The van der Waals surface area contributed by atoms with E-state index in [-0.39, 0.29) is 0 Å². The molecule has 0 bridgehead atoms. The predicted octanol–water partition coefficient (Wildman–Crippen LogP) is 1.51. The number of aromatic nitrogens is 3. The standard InChI is InChI=1S/C14H23N5/c1-9(10-4-5-10)13-16-14(18-17-13)19-7-11-3-2-6-15-12(11)8-19/h9-12,15H,2-8H2,1H3,(H,16,17,18). The zero-order valence-corrected chi connectivity index (χ0v) is 11.6. The van der Waals surface area contributed by atoms with E-state index in [1.807, 2.05) is 0 Å². The SMILES string of the molecule is CC(c1nc(N2CC3CCCNC3C2)n[nH]1)C1CC1. The van der Waals surface area contributed by atoms with Crippen LogP contribution in [0.3, 0.4) is 0 Å². The van der Waals surface area contributed by atoms with Gasteiger partial charge in [-0.05, 0) is 44.1 Å². The molecule has 1 saturated carbocycles. The number of fused-ring (bicyclic) bond motifs is 1. The van der Waals surface area contributed by atoms with Crippen LogP contribution in [-0.2, 0) is 0 Å². The van der Waals surface area contributed by atoms with Crippen LogP contribution >= 0.6 is 0 Å². The summed E-state index contributed by atoms with van der Waals surface area (Å²) in [5.74, 6) is 4.17. The first-order valence-electron chi connectivity index (χ1n) is 7.72. The van der Waals surface area contributed by atoms with E-state index in [1.165, 1.54) is 32.2 Å². The maximum atomic E-state index is 4.74. The molecule has 3 aliphatic rings. The van der Waals surface area contributed by atoms with Crippen LogP contribution in [0.4, 0.5) is 5.95 Å². The maximum Gasteiger partial charge on any atom is 0.244 e. The molecule has 3 unspecified atom stereocenters. The third-order valence-corrected chi connectivity index (χ3v) is 5.13. The van der Waals surface area contributed by atoms with Crippen molar-refractivity contribution in [1.29, 1.82) is 0 Å². The summed E-state index contributed by atoms with van der Waals surface area (Å²) in [6.45, 7) is 5.63. The summed E-state index contributed by atoms with van der Waals surface area (Å²) < 4.78 is 0. The minimum absolute atomic E-state index is 0.546. The fourth-order valence-electron chi connectivity index (χ4n) is 3.64. The molecule has 104 valence electrons. The fraction of sp³-hybridized carbons (Fsp3) is 0.857. The van der Waals surface area contributed by atoms with E-state index in [0.29, 0.717) is 12.0 Å². The normalized spacial score (nSPS) is 32.4. The highest BCUT2D eigenvalue weighted by molar-refractivity contribution is 5.33. The molecule has 4 rings (SSSR count). The Morgan fingerprint density at radius 2 is 2.16 bits per heavy atom. The highest BCUT2D eigenvalue weighted by Gasteiger charge is 2.36. The molecule has 1 aromatic heterocycles. The zero-order valence-electron chi connectivity index (χ0n) is 11.6. The van der Waals surface area contributed by atoms with Gasteiger partial charge in [0.25, 0.3) is 0 Å². The van der Waals surface area contributed by atoms with Crippen molar-refractivity contribution in [3.63, 3.8) is 0 Å². The quantitative estimate of drug-likeness (QED) is 0.866. The maximum absolute atomic E-state index is 4.74. The molecule has 5 heteroatoms. The van der Waals surface area contributed by atoms with E-state index in [0.717, 1.165) is 36.7 Å². The Balaban J connectivity index is 1.47. The molecule has 3 atom stereocenters. The van der Waals surface area contributed by atoms with Crippen LogP contribution in [0, 0.1) is 11.8 Å².